The largest absolute Gasteiger partial charge is 0.507 e. The predicted molar refractivity (Wildman–Crippen MR) is 184 cm³/mol. The number of benzene rings is 4. The SMILES string of the molecule is Cc1ccc(S(=O)(=O)N2CN3CN(S(=O)(=O)c4ccc(C)cc4)CC(/C(=N\N=C/c4cc([N+](=O)[O-])ccc4O)c4ccccc4)(C3)C2)cc1. The number of aryl methyl sites for hydroxylation is 2. The second-order valence-corrected chi connectivity index (χ2v) is 16.2. The number of nitrogens with zero attached hydrogens (tertiary/aromatic N) is 6. The zero-order chi connectivity index (χ0) is 35.0. The highest BCUT2D eigenvalue weighted by Crippen LogP contribution is 2.39. The molecule has 15 heteroatoms. The normalized spacial score (nSPS) is 20.8. The topological polar surface area (TPSA) is 166 Å². The van der Waals surface area contributed by atoms with E-state index in [0.29, 0.717) is 11.3 Å². The minimum absolute atomic E-state index is 0.0453. The molecule has 4 aromatic rings. The fourth-order valence-electron chi connectivity index (χ4n) is 6.18. The maximum atomic E-state index is 14.1. The summed E-state index contributed by atoms with van der Waals surface area (Å²) in [5, 5.41) is 30.5. The maximum absolute atomic E-state index is 14.1. The van der Waals surface area contributed by atoms with Gasteiger partial charge in [-0.3, -0.25) is 15.0 Å². The number of hydrogen-bond donors (Lipinski definition) is 1. The summed E-state index contributed by atoms with van der Waals surface area (Å²) in [6.07, 6.45) is 1.17. The Morgan fingerprint density at radius 1 is 0.796 bits per heavy atom. The number of nitro benzene ring substituents is 1. The van der Waals surface area contributed by atoms with Gasteiger partial charge in [-0.1, -0.05) is 65.7 Å². The number of non-ortho nitro benzene ring substituents is 1. The number of sulfonamides is 2. The fourth-order valence-corrected chi connectivity index (χ4v) is 9.20. The third-order valence-electron chi connectivity index (χ3n) is 8.64. The molecule has 254 valence electrons. The highest BCUT2D eigenvalue weighted by Gasteiger charge is 2.53. The van der Waals surface area contributed by atoms with Crippen molar-refractivity contribution in [2.75, 3.05) is 33.0 Å². The first-order valence-electron chi connectivity index (χ1n) is 15.3. The van der Waals surface area contributed by atoms with Gasteiger partial charge in [0.05, 0.1) is 45.4 Å². The van der Waals surface area contributed by atoms with Crippen molar-refractivity contribution >= 4 is 37.7 Å². The van der Waals surface area contributed by atoms with E-state index in [1.807, 2.05) is 13.8 Å². The van der Waals surface area contributed by atoms with Gasteiger partial charge < -0.3 is 5.11 Å². The lowest BCUT2D eigenvalue weighted by Crippen LogP contribution is -2.69. The minimum Gasteiger partial charge on any atom is -0.507 e. The molecule has 0 amide bonds. The third-order valence-corrected chi connectivity index (χ3v) is 12.2. The van der Waals surface area contributed by atoms with Crippen molar-refractivity contribution in [1.82, 2.24) is 13.5 Å². The van der Waals surface area contributed by atoms with Gasteiger partial charge in [0.1, 0.15) is 5.75 Å². The maximum Gasteiger partial charge on any atom is 0.270 e. The number of nitro groups is 1. The van der Waals surface area contributed by atoms with Crippen LogP contribution in [0.3, 0.4) is 0 Å². The first kappa shape index (κ1) is 34.1. The van der Waals surface area contributed by atoms with E-state index in [4.69, 9.17) is 0 Å². The number of phenolic OH excluding ortho intramolecular Hbond substituents is 1. The summed E-state index contributed by atoms with van der Waals surface area (Å²) < 4.78 is 59.1. The lowest BCUT2D eigenvalue weighted by atomic mass is 9.76. The van der Waals surface area contributed by atoms with Gasteiger partial charge in [-0.15, -0.1) is 0 Å². The predicted octanol–water partition coefficient (Wildman–Crippen LogP) is 4.35. The Kier molecular flexibility index (Phi) is 9.21. The molecule has 0 unspecified atom stereocenters. The van der Waals surface area contributed by atoms with Crippen molar-refractivity contribution < 1.29 is 26.9 Å². The van der Waals surface area contributed by atoms with E-state index in [2.05, 4.69) is 10.2 Å². The van der Waals surface area contributed by atoms with Crippen molar-refractivity contribution in [2.24, 2.45) is 15.6 Å². The van der Waals surface area contributed by atoms with Crippen LogP contribution in [-0.2, 0) is 20.0 Å². The standard InChI is InChI=1S/C34H34N6O7S2/c1-25-8-13-30(14-9-25)48(44,45)38-21-34(20-37(23-38)24-39(22-34)49(46,47)31-15-10-26(2)11-16-31)33(27-6-4-3-5-7-27)36-35-19-28-18-29(40(42)43)12-17-32(28)41/h3-19,41H,20-24H2,1-2H3/b35-19-,36-33-. The van der Waals surface area contributed by atoms with Crippen molar-refractivity contribution in [3.05, 3.63) is 129 Å². The van der Waals surface area contributed by atoms with Crippen LogP contribution in [0.2, 0.25) is 0 Å². The molecule has 2 fully saturated rings. The molecule has 0 aliphatic carbocycles. The van der Waals surface area contributed by atoms with Crippen LogP contribution in [0.1, 0.15) is 22.3 Å². The van der Waals surface area contributed by atoms with Gasteiger partial charge in [-0.2, -0.15) is 18.8 Å². The van der Waals surface area contributed by atoms with E-state index in [0.717, 1.165) is 23.3 Å². The second-order valence-electron chi connectivity index (χ2n) is 12.3. The molecular formula is C34H34N6O7S2. The molecule has 2 saturated heterocycles. The van der Waals surface area contributed by atoms with Gasteiger partial charge in [-0.05, 0) is 49.7 Å². The highest BCUT2D eigenvalue weighted by molar-refractivity contribution is 7.89. The Labute approximate surface area is 284 Å². The van der Waals surface area contributed by atoms with Crippen molar-refractivity contribution in [3.8, 4) is 5.75 Å². The minimum atomic E-state index is -4.03. The molecule has 2 aliphatic heterocycles. The molecule has 6 rings (SSSR count). The summed E-state index contributed by atoms with van der Waals surface area (Å²) in [6, 6.07) is 25.5. The molecule has 13 nitrogen and oxygen atoms in total. The van der Waals surface area contributed by atoms with Gasteiger partial charge >= 0.3 is 0 Å². The monoisotopic (exact) mass is 702 g/mol. The molecule has 0 aromatic heterocycles. The lowest BCUT2D eigenvalue weighted by molar-refractivity contribution is -0.384. The average molecular weight is 703 g/mol. The Balaban J connectivity index is 1.49. The van der Waals surface area contributed by atoms with Gasteiger partial charge in [0.15, 0.2) is 0 Å². The number of fused-ring (bicyclic) bond motifs is 2. The summed E-state index contributed by atoms with van der Waals surface area (Å²) >= 11 is 0. The number of rotatable bonds is 9. The number of hydrogen-bond acceptors (Lipinski definition) is 10. The van der Waals surface area contributed by atoms with E-state index in [9.17, 15) is 32.1 Å². The molecule has 4 aromatic carbocycles. The first-order chi connectivity index (χ1) is 23.3. The summed E-state index contributed by atoms with van der Waals surface area (Å²) in [4.78, 5) is 12.7. The fraction of sp³-hybridized carbons (Fsp3) is 0.235. The molecule has 2 bridgehead atoms. The lowest BCUT2D eigenvalue weighted by Gasteiger charge is -2.53. The molecule has 1 N–H and O–H groups in total. The first-order valence-corrected chi connectivity index (χ1v) is 18.2. The smallest absolute Gasteiger partial charge is 0.270 e. The quantitative estimate of drug-likeness (QED) is 0.153. The van der Waals surface area contributed by atoms with E-state index >= 15 is 0 Å². The van der Waals surface area contributed by atoms with Crippen LogP contribution in [0.15, 0.2) is 117 Å². The van der Waals surface area contributed by atoms with Gasteiger partial charge in [0.2, 0.25) is 20.0 Å². The molecule has 2 heterocycles. The van der Waals surface area contributed by atoms with Crippen LogP contribution in [0.25, 0.3) is 0 Å². The van der Waals surface area contributed by atoms with Crippen LogP contribution in [0, 0.1) is 29.4 Å². The summed E-state index contributed by atoms with van der Waals surface area (Å²) in [6.45, 7) is 3.62. The van der Waals surface area contributed by atoms with Crippen LogP contribution in [-0.4, -0.2) is 85.3 Å². The van der Waals surface area contributed by atoms with Crippen LogP contribution >= 0.6 is 0 Å². The summed E-state index contributed by atoms with van der Waals surface area (Å²) in [5.41, 5.74) is 1.25. The Morgan fingerprint density at radius 2 is 1.33 bits per heavy atom. The molecule has 2 aliphatic rings. The molecule has 49 heavy (non-hydrogen) atoms. The Hall–Kier alpha value is -4.80. The van der Waals surface area contributed by atoms with Gasteiger partial charge in [0, 0.05) is 37.3 Å². The molecule has 0 spiro atoms. The zero-order valence-corrected chi connectivity index (χ0v) is 28.4. The van der Waals surface area contributed by atoms with Crippen LogP contribution in [0.4, 0.5) is 5.69 Å². The van der Waals surface area contributed by atoms with E-state index in [-0.39, 0.29) is 59.8 Å². The van der Waals surface area contributed by atoms with Crippen LogP contribution < -0.4 is 0 Å². The van der Waals surface area contributed by atoms with E-state index in [1.54, 1.807) is 83.8 Å². The van der Waals surface area contributed by atoms with E-state index < -0.39 is 30.4 Å². The number of phenols is 1. The van der Waals surface area contributed by atoms with Gasteiger partial charge in [-0.25, -0.2) is 16.8 Å². The van der Waals surface area contributed by atoms with Crippen molar-refractivity contribution in [1.29, 1.82) is 0 Å². The van der Waals surface area contributed by atoms with Crippen LogP contribution in [0.5, 0.6) is 5.75 Å². The Morgan fingerprint density at radius 3 is 1.84 bits per heavy atom. The van der Waals surface area contributed by atoms with Gasteiger partial charge in [0.25, 0.3) is 5.69 Å². The van der Waals surface area contributed by atoms with Crippen molar-refractivity contribution in [2.45, 2.75) is 23.6 Å². The van der Waals surface area contributed by atoms with E-state index in [1.165, 1.54) is 20.9 Å². The summed E-state index contributed by atoms with van der Waals surface area (Å²) in [5.74, 6) is -0.254. The molecule has 0 radical (unpaired) electrons. The number of aromatic hydroxyl groups is 1. The second kappa shape index (κ2) is 13.2. The third kappa shape index (κ3) is 6.89. The zero-order valence-electron chi connectivity index (χ0n) is 26.7. The highest BCUT2D eigenvalue weighted by atomic mass is 32.2. The summed E-state index contributed by atoms with van der Waals surface area (Å²) in [7, 11) is -8.07. The molecular weight excluding hydrogens is 669 g/mol. The van der Waals surface area contributed by atoms with Crippen molar-refractivity contribution in [3.63, 3.8) is 0 Å². The Bertz CT molecular complexity index is 2070. The molecule has 0 saturated carbocycles. The average Bonchev–Trinajstić information content (AvgIpc) is 3.07. The molecule has 0 atom stereocenters.